The van der Waals surface area contributed by atoms with Gasteiger partial charge in [0.1, 0.15) is 0 Å². The molecule has 1 aliphatic carbocycles. The number of aryl methyl sites for hydroxylation is 1. The Labute approximate surface area is 209 Å². The Morgan fingerprint density at radius 3 is 2.21 bits per heavy atom. The molecule has 34 heavy (non-hydrogen) atoms. The van der Waals surface area contributed by atoms with Crippen molar-refractivity contribution >= 4 is 0 Å². The molecular weight excluding hydrogens is 412 g/mol. The zero-order chi connectivity index (χ0) is 24.2. The summed E-state index contributed by atoms with van der Waals surface area (Å²) in [6.07, 6.45) is 19.3. The van der Waals surface area contributed by atoms with E-state index < -0.39 is 0 Å². The SMILES string of the molecule is CCCCCCCCCc1ccc(-c2ccc(C3CCC(C#N)(CC(C)CC)CC3)cc2)nc1. The van der Waals surface area contributed by atoms with Crippen molar-refractivity contribution in [2.75, 3.05) is 0 Å². The van der Waals surface area contributed by atoms with Gasteiger partial charge in [-0.25, -0.2) is 0 Å². The Kier molecular flexibility index (Phi) is 10.6. The van der Waals surface area contributed by atoms with E-state index in [1.165, 1.54) is 68.1 Å². The van der Waals surface area contributed by atoms with Gasteiger partial charge in [0, 0.05) is 11.8 Å². The molecule has 3 rings (SSSR count). The number of unbranched alkanes of at least 4 members (excludes halogenated alkanes) is 6. The topological polar surface area (TPSA) is 36.7 Å². The van der Waals surface area contributed by atoms with E-state index in [-0.39, 0.29) is 5.41 Å². The molecule has 1 aromatic heterocycles. The molecule has 1 aromatic carbocycles. The number of nitriles is 1. The van der Waals surface area contributed by atoms with Crippen LogP contribution in [0.15, 0.2) is 42.6 Å². The molecule has 0 aliphatic heterocycles. The summed E-state index contributed by atoms with van der Waals surface area (Å²) in [6.45, 7) is 6.80. The van der Waals surface area contributed by atoms with Crippen LogP contribution in [0.25, 0.3) is 11.3 Å². The first-order valence-corrected chi connectivity index (χ1v) is 14.1. The van der Waals surface area contributed by atoms with Crippen molar-refractivity contribution in [1.82, 2.24) is 4.98 Å². The largest absolute Gasteiger partial charge is 0.256 e. The van der Waals surface area contributed by atoms with Crippen LogP contribution >= 0.6 is 0 Å². The normalized spacial score (nSPS) is 21.2. The molecular formula is C32H46N2. The number of hydrogen-bond acceptors (Lipinski definition) is 2. The van der Waals surface area contributed by atoms with Gasteiger partial charge in [0.2, 0.25) is 0 Å². The van der Waals surface area contributed by atoms with Crippen molar-refractivity contribution in [1.29, 1.82) is 5.26 Å². The molecule has 0 spiro atoms. The molecule has 2 nitrogen and oxygen atoms in total. The van der Waals surface area contributed by atoms with Gasteiger partial charge in [0.25, 0.3) is 0 Å². The summed E-state index contributed by atoms with van der Waals surface area (Å²) in [6, 6.07) is 16.2. The molecule has 0 bridgehead atoms. The van der Waals surface area contributed by atoms with Crippen LogP contribution in [0, 0.1) is 22.7 Å². The van der Waals surface area contributed by atoms with Gasteiger partial charge < -0.3 is 0 Å². The third kappa shape index (κ3) is 7.69. The van der Waals surface area contributed by atoms with Gasteiger partial charge in [-0.1, -0.05) is 96.0 Å². The van der Waals surface area contributed by atoms with Crippen molar-refractivity contribution in [2.24, 2.45) is 11.3 Å². The molecule has 1 aliphatic rings. The van der Waals surface area contributed by atoms with Crippen LogP contribution in [0.1, 0.15) is 121 Å². The minimum absolute atomic E-state index is 0.0907. The van der Waals surface area contributed by atoms with E-state index in [4.69, 9.17) is 4.98 Å². The Morgan fingerprint density at radius 2 is 1.62 bits per heavy atom. The van der Waals surface area contributed by atoms with E-state index in [2.05, 4.69) is 69.4 Å². The highest BCUT2D eigenvalue weighted by molar-refractivity contribution is 5.59. The quantitative estimate of drug-likeness (QED) is 0.280. The van der Waals surface area contributed by atoms with Crippen molar-refractivity contribution < 1.29 is 0 Å². The lowest BCUT2D eigenvalue weighted by molar-refractivity contribution is 0.198. The van der Waals surface area contributed by atoms with Crippen molar-refractivity contribution in [3.05, 3.63) is 53.7 Å². The number of rotatable bonds is 13. The van der Waals surface area contributed by atoms with Gasteiger partial charge in [0.05, 0.1) is 17.2 Å². The maximum absolute atomic E-state index is 9.87. The molecule has 0 saturated heterocycles. The number of benzene rings is 1. The maximum Gasteiger partial charge on any atom is 0.0702 e. The van der Waals surface area contributed by atoms with Crippen LogP contribution in [0.3, 0.4) is 0 Å². The molecule has 0 amide bonds. The fraction of sp³-hybridized carbons (Fsp3) is 0.625. The smallest absolute Gasteiger partial charge is 0.0702 e. The maximum atomic E-state index is 9.87. The predicted molar refractivity (Wildman–Crippen MR) is 145 cm³/mol. The Bertz CT molecular complexity index is 867. The molecule has 1 saturated carbocycles. The van der Waals surface area contributed by atoms with Crippen LogP contribution in [0.4, 0.5) is 0 Å². The molecule has 2 aromatic rings. The lowest BCUT2D eigenvalue weighted by atomic mass is 9.66. The second-order valence-corrected chi connectivity index (χ2v) is 10.9. The molecule has 1 unspecified atom stereocenters. The van der Waals surface area contributed by atoms with Crippen molar-refractivity contribution in [3.63, 3.8) is 0 Å². The summed E-state index contributed by atoms with van der Waals surface area (Å²) >= 11 is 0. The highest BCUT2D eigenvalue weighted by Gasteiger charge is 2.36. The molecule has 1 fully saturated rings. The summed E-state index contributed by atoms with van der Waals surface area (Å²) in [4.78, 5) is 4.76. The molecule has 1 heterocycles. The summed E-state index contributed by atoms with van der Waals surface area (Å²) in [5, 5.41) is 9.87. The van der Waals surface area contributed by atoms with Gasteiger partial charge >= 0.3 is 0 Å². The minimum Gasteiger partial charge on any atom is -0.256 e. The lowest BCUT2D eigenvalue weighted by Gasteiger charge is -2.36. The number of hydrogen-bond donors (Lipinski definition) is 0. The van der Waals surface area contributed by atoms with Gasteiger partial charge in [-0.2, -0.15) is 5.26 Å². The van der Waals surface area contributed by atoms with Crippen LogP contribution in [-0.2, 0) is 6.42 Å². The van der Waals surface area contributed by atoms with E-state index in [1.54, 1.807) is 0 Å². The Balaban J connectivity index is 1.48. The number of aromatic nitrogens is 1. The van der Waals surface area contributed by atoms with Crippen LogP contribution < -0.4 is 0 Å². The highest BCUT2D eigenvalue weighted by Crippen LogP contribution is 2.46. The second kappa shape index (κ2) is 13.7. The van der Waals surface area contributed by atoms with Gasteiger partial charge in [-0.3, -0.25) is 4.98 Å². The lowest BCUT2D eigenvalue weighted by Crippen LogP contribution is -2.27. The molecule has 0 radical (unpaired) electrons. The van der Waals surface area contributed by atoms with E-state index >= 15 is 0 Å². The Hall–Kier alpha value is -2.14. The monoisotopic (exact) mass is 458 g/mol. The zero-order valence-corrected chi connectivity index (χ0v) is 22.0. The molecule has 2 heteroatoms. The molecule has 0 N–H and O–H groups in total. The minimum atomic E-state index is -0.0907. The zero-order valence-electron chi connectivity index (χ0n) is 22.0. The second-order valence-electron chi connectivity index (χ2n) is 10.9. The molecule has 1 atom stereocenters. The highest BCUT2D eigenvalue weighted by atomic mass is 14.7. The average molecular weight is 459 g/mol. The summed E-state index contributed by atoms with van der Waals surface area (Å²) < 4.78 is 0. The standard InChI is InChI=1S/C32H46N2/c1-4-6-7-8-9-10-11-12-27-13-18-31(34-24-27)30-16-14-28(15-17-30)29-19-21-32(25-33,22-20-29)23-26(3)5-2/h13-18,24,26,29H,4-12,19-23H2,1-3H3. The van der Waals surface area contributed by atoms with Crippen molar-refractivity contribution in [3.8, 4) is 17.3 Å². The average Bonchev–Trinajstić information content (AvgIpc) is 2.89. The van der Waals surface area contributed by atoms with Gasteiger partial charge in [-0.05, 0) is 74.0 Å². The third-order valence-corrected chi connectivity index (χ3v) is 8.19. The summed E-state index contributed by atoms with van der Waals surface area (Å²) in [5.74, 6) is 1.23. The van der Waals surface area contributed by atoms with Crippen LogP contribution in [-0.4, -0.2) is 4.98 Å². The summed E-state index contributed by atoms with van der Waals surface area (Å²) in [5.41, 5.74) is 4.96. The fourth-order valence-electron chi connectivity index (χ4n) is 5.63. The van der Waals surface area contributed by atoms with Crippen LogP contribution in [0.5, 0.6) is 0 Å². The van der Waals surface area contributed by atoms with Crippen molar-refractivity contribution in [2.45, 2.75) is 117 Å². The fourth-order valence-corrected chi connectivity index (χ4v) is 5.63. The van der Waals surface area contributed by atoms with E-state index in [9.17, 15) is 5.26 Å². The third-order valence-electron chi connectivity index (χ3n) is 8.19. The Morgan fingerprint density at radius 1 is 0.941 bits per heavy atom. The first kappa shape index (κ1) is 26.5. The van der Waals surface area contributed by atoms with Crippen LogP contribution in [0.2, 0.25) is 0 Å². The molecule has 184 valence electrons. The number of pyridine rings is 1. The van der Waals surface area contributed by atoms with Gasteiger partial charge in [-0.15, -0.1) is 0 Å². The van der Waals surface area contributed by atoms with E-state index in [0.29, 0.717) is 11.8 Å². The summed E-state index contributed by atoms with van der Waals surface area (Å²) in [7, 11) is 0. The number of nitrogens with zero attached hydrogens (tertiary/aromatic N) is 2. The van der Waals surface area contributed by atoms with Gasteiger partial charge in [0.15, 0.2) is 0 Å². The van der Waals surface area contributed by atoms with E-state index in [0.717, 1.165) is 44.2 Å². The predicted octanol–water partition coefficient (Wildman–Crippen LogP) is 9.65. The van der Waals surface area contributed by atoms with E-state index in [1.807, 2.05) is 0 Å². The first-order chi connectivity index (χ1) is 16.6. The first-order valence-electron chi connectivity index (χ1n) is 14.1.